The average Bonchev–Trinajstić information content (AvgIpc) is 3.60. The third kappa shape index (κ3) is 5.42. The molecule has 0 saturated carbocycles. The molecule has 0 spiro atoms. The smallest absolute Gasteiger partial charge is 0.256 e. The molecular weight excluding hydrogens is 528 g/mol. The van der Waals surface area contributed by atoms with Crippen LogP contribution in [0.3, 0.4) is 0 Å². The molecule has 9 heteroatoms. The van der Waals surface area contributed by atoms with Gasteiger partial charge in [-0.3, -0.25) is 14.4 Å². The predicted molar refractivity (Wildman–Crippen MR) is 157 cm³/mol. The molecule has 1 fully saturated rings. The van der Waals surface area contributed by atoms with E-state index < -0.39 is 0 Å². The highest BCUT2D eigenvalue weighted by Crippen LogP contribution is 2.33. The molecule has 198 valence electrons. The highest BCUT2D eigenvalue weighted by Gasteiger charge is 2.25. The van der Waals surface area contributed by atoms with Crippen LogP contribution in [0.5, 0.6) is 0 Å². The van der Waals surface area contributed by atoms with Gasteiger partial charge in [0.15, 0.2) is 4.34 Å². The number of carbonyl (C=O) groups is 3. The van der Waals surface area contributed by atoms with Crippen LogP contribution in [0.25, 0.3) is 10.2 Å². The van der Waals surface area contributed by atoms with Crippen molar-refractivity contribution in [2.24, 2.45) is 0 Å². The van der Waals surface area contributed by atoms with Crippen LogP contribution in [0.4, 0.5) is 11.4 Å². The third-order valence-corrected chi connectivity index (χ3v) is 9.33. The van der Waals surface area contributed by atoms with E-state index in [2.05, 4.69) is 16.4 Å². The monoisotopic (exact) mass is 556 g/mol. The molecule has 1 N–H and O–H groups in total. The number of thiazole rings is 1. The summed E-state index contributed by atoms with van der Waals surface area (Å²) in [6, 6.07) is 20.6. The van der Waals surface area contributed by atoms with Crippen molar-refractivity contribution in [1.82, 2.24) is 9.88 Å². The normalized spacial score (nSPS) is 14.9. The molecule has 0 radical (unpaired) electrons. The van der Waals surface area contributed by atoms with Gasteiger partial charge in [0.1, 0.15) is 0 Å². The van der Waals surface area contributed by atoms with Crippen molar-refractivity contribution in [2.75, 3.05) is 35.6 Å². The number of nitrogens with one attached hydrogen (secondary N) is 1. The molecule has 0 atom stereocenters. The van der Waals surface area contributed by atoms with Crippen LogP contribution in [-0.2, 0) is 11.2 Å². The number of likely N-dealkylation sites (tertiary alicyclic amines) is 1. The fourth-order valence-corrected chi connectivity index (χ4v) is 7.16. The van der Waals surface area contributed by atoms with E-state index >= 15 is 0 Å². The molecule has 6 rings (SSSR count). The van der Waals surface area contributed by atoms with E-state index in [1.807, 2.05) is 46.2 Å². The Labute approximate surface area is 235 Å². The van der Waals surface area contributed by atoms with Gasteiger partial charge in [-0.2, -0.15) is 0 Å². The first-order chi connectivity index (χ1) is 19.1. The number of aromatic nitrogens is 1. The minimum atomic E-state index is -0.314. The minimum absolute atomic E-state index is 0.0786. The zero-order valence-corrected chi connectivity index (χ0v) is 23.0. The lowest BCUT2D eigenvalue weighted by molar-refractivity contribution is -0.116. The number of benzene rings is 3. The predicted octanol–water partition coefficient (Wildman–Crippen LogP) is 5.86. The van der Waals surface area contributed by atoms with Crippen molar-refractivity contribution < 1.29 is 14.4 Å². The molecule has 7 nitrogen and oxygen atoms in total. The number of hydrogen-bond acceptors (Lipinski definition) is 6. The van der Waals surface area contributed by atoms with Crippen molar-refractivity contribution in [1.29, 1.82) is 0 Å². The van der Waals surface area contributed by atoms with Crippen LogP contribution < -0.4 is 10.2 Å². The van der Waals surface area contributed by atoms with Crippen molar-refractivity contribution in [3.05, 3.63) is 83.4 Å². The fraction of sp³-hybridized carbons (Fsp3) is 0.267. The van der Waals surface area contributed by atoms with E-state index in [4.69, 9.17) is 0 Å². The van der Waals surface area contributed by atoms with E-state index in [1.54, 1.807) is 24.3 Å². The summed E-state index contributed by atoms with van der Waals surface area (Å²) in [5.41, 5.74) is 4.48. The SMILES string of the molecule is O=C(Nc1ccc2nc(SCC(=O)N3CCc4ccccc43)sc2c1)c1ccccc1C(=O)N1CCCCC1. The summed E-state index contributed by atoms with van der Waals surface area (Å²) in [6.45, 7) is 2.18. The number of amides is 3. The lowest BCUT2D eigenvalue weighted by Crippen LogP contribution is -2.36. The van der Waals surface area contributed by atoms with Gasteiger partial charge in [0.05, 0.1) is 27.1 Å². The summed E-state index contributed by atoms with van der Waals surface area (Å²) in [6.07, 6.45) is 4.01. The van der Waals surface area contributed by atoms with Crippen molar-refractivity contribution in [3.63, 3.8) is 0 Å². The Kier molecular flexibility index (Phi) is 7.34. The maximum absolute atomic E-state index is 13.2. The first kappa shape index (κ1) is 25.6. The molecule has 39 heavy (non-hydrogen) atoms. The molecule has 3 heterocycles. The average molecular weight is 557 g/mol. The van der Waals surface area contributed by atoms with Crippen LogP contribution in [0.2, 0.25) is 0 Å². The first-order valence-corrected chi connectivity index (χ1v) is 15.0. The van der Waals surface area contributed by atoms with Crippen LogP contribution in [-0.4, -0.2) is 53.0 Å². The quantitative estimate of drug-likeness (QED) is 0.301. The number of carbonyl (C=O) groups excluding carboxylic acids is 3. The van der Waals surface area contributed by atoms with Gasteiger partial charge in [0.25, 0.3) is 11.8 Å². The first-order valence-electron chi connectivity index (χ1n) is 13.2. The number of fused-ring (bicyclic) bond motifs is 2. The lowest BCUT2D eigenvalue weighted by Gasteiger charge is -2.27. The number of piperidine rings is 1. The largest absolute Gasteiger partial charge is 0.339 e. The summed E-state index contributed by atoms with van der Waals surface area (Å²) < 4.78 is 1.73. The van der Waals surface area contributed by atoms with E-state index in [0.717, 1.165) is 59.0 Å². The molecule has 4 aromatic rings. The van der Waals surface area contributed by atoms with Crippen LogP contribution >= 0.6 is 23.1 Å². The Balaban J connectivity index is 1.12. The van der Waals surface area contributed by atoms with Gasteiger partial charge in [0.2, 0.25) is 5.91 Å². The number of para-hydroxylation sites is 1. The second-order valence-corrected chi connectivity index (χ2v) is 12.0. The van der Waals surface area contributed by atoms with Gasteiger partial charge in [0, 0.05) is 31.0 Å². The molecule has 0 aliphatic carbocycles. The number of thioether (sulfide) groups is 1. The second kappa shape index (κ2) is 11.2. The number of nitrogens with zero attached hydrogens (tertiary/aromatic N) is 3. The van der Waals surface area contributed by atoms with Crippen LogP contribution in [0.15, 0.2) is 71.1 Å². The Bertz CT molecular complexity index is 1560. The molecule has 1 saturated heterocycles. The van der Waals surface area contributed by atoms with Gasteiger partial charge in [-0.15, -0.1) is 11.3 Å². The molecular formula is C30H28N4O3S2. The topological polar surface area (TPSA) is 82.6 Å². The van der Waals surface area contributed by atoms with Crippen molar-refractivity contribution >= 4 is 62.4 Å². The summed E-state index contributed by atoms with van der Waals surface area (Å²) in [4.78, 5) is 47.6. The standard InChI is InChI=1S/C30H28N4O3S2/c35-27(34-17-14-20-8-2-5-11-25(20)34)19-38-30-32-24-13-12-21(18-26(24)39-30)31-28(36)22-9-3-4-10-23(22)29(37)33-15-6-1-7-16-33/h2-5,8-13,18H,1,6-7,14-17,19H2,(H,31,36). The number of hydrogen-bond donors (Lipinski definition) is 1. The second-order valence-electron chi connectivity index (χ2n) is 9.73. The summed E-state index contributed by atoms with van der Waals surface area (Å²) >= 11 is 2.94. The third-order valence-electron chi connectivity index (χ3n) is 7.18. The van der Waals surface area contributed by atoms with Gasteiger partial charge in [-0.1, -0.05) is 42.1 Å². The summed E-state index contributed by atoms with van der Waals surface area (Å²) in [5.74, 6) is -0.00706. The Morgan fingerprint density at radius 1 is 0.897 bits per heavy atom. The van der Waals surface area contributed by atoms with Crippen molar-refractivity contribution in [2.45, 2.75) is 30.0 Å². The fourth-order valence-electron chi connectivity index (χ4n) is 5.18. The maximum atomic E-state index is 13.2. The van der Waals surface area contributed by atoms with E-state index in [1.165, 1.54) is 28.7 Å². The number of anilines is 2. The van der Waals surface area contributed by atoms with Gasteiger partial charge in [-0.05, 0) is 67.6 Å². The zero-order valence-electron chi connectivity index (χ0n) is 21.4. The van der Waals surface area contributed by atoms with E-state index in [9.17, 15) is 14.4 Å². The Hall–Kier alpha value is -3.69. The summed E-state index contributed by atoms with van der Waals surface area (Å²) in [7, 11) is 0. The molecule has 3 amide bonds. The Morgan fingerprint density at radius 3 is 2.51 bits per heavy atom. The van der Waals surface area contributed by atoms with Gasteiger partial charge >= 0.3 is 0 Å². The minimum Gasteiger partial charge on any atom is -0.339 e. The van der Waals surface area contributed by atoms with E-state index in [-0.39, 0.29) is 17.7 Å². The van der Waals surface area contributed by atoms with Gasteiger partial charge < -0.3 is 15.1 Å². The van der Waals surface area contributed by atoms with Crippen LogP contribution in [0, 0.1) is 0 Å². The molecule has 0 unspecified atom stereocenters. The van der Waals surface area contributed by atoms with Crippen molar-refractivity contribution in [3.8, 4) is 0 Å². The highest BCUT2D eigenvalue weighted by atomic mass is 32.2. The molecule has 2 aliphatic rings. The van der Waals surface area contributed by atoms with Gasteiger partial charge in [-0.25, -0.2) is 4.98 Å². The summed E-state index contributed by atoms with van der Waals surface area (Å²) in [5, 5.41) is 2.96. The highest BCUT2D eigenvalue weighted by molar-refractivity contribution is 8.01. The molecule has 3 aromatic carbocycles. The Morgan fingerprint density at radius 2 is 1.67 bits per heavy atom. The van der Waals surface area contributed by atoms with Crippen LogP contribution in [0.1, 0.15) is 45.5 Å². The lowest BCUT2D eigenvalue weighted by atomic mass is 10.0. The zero-order chi connectivity index (χ0) is 26.8. The molecule has 1 aromatic heterocycles. The van der Waals surface area contributed by atoms with E-state index in [0.29, 0.717) is 29.1 Å². The molecule has 2 aliphatic heterocycles. The number of rotatable bonds is 6. The molecule has 0 bridgehead atoms. The maximum Gasteiger partial charge on any atom is 0.256 e.